The summed E-state index contributed by atoms with van der Waals surface area (Å²) in [5.41, 5.74) is 1.26. The Balaban J connectivity index is 1.98. The van der Waals surface area contributed by atoms with Gasteiger partial charge in [0, 0.05) is 10.9 Å². The van der Waals surface area contributed by atoms with Gasteiger partial charge >= 0.3 is 0 Å². The number of nitrogens with one attached hydrogen (secondary N) is 1. The van der Waals surface area contributed by atoms with Crippen LogP contribution in [0.3, 0.4) is 0 Å². The molecular formula is C15H18BrNOS. The molecule has 0 aliphatic rings. The van der Waals surface area contributed by atoms with Gasteiger partial charge < -0.3 is 10.1 Å². The lowest BCUT2D eigenvalue weighted by Gasteiger charge is -2.14. The Labute approximate surface area is 126 Å². The number of ether oxygens (including phenoxy) is 1. The zero-order valence-electron chi connectivity index (χ0n) is 11.2. The van der Waals surface area contributed by atoms with E-state index >= 15 is 0 Å². The normalized spacial score (nSPS) is 12.4. The summed E-state index contributed by atoms with van der Waals surface area (Å²) in [7, 11) is 0. The van der Waals surface area contributed by atoms with E-state index in [1.165, 1.54) is 10.4 Å². The Hall–Kier alpha value is -0.840. The maximum atomic E-state index is 5.84. The van der Waals surface area contributed by atoms with E-state index in [4.69, 9.17) is 4.74 Å². The summed E-state index contributed by atoms with van der Waals surface area (Å²) in [5, 5.41) is 3.41. The summed E-state index contributed by atoms with van der Waals surface area (Å²) >= 11 is 5.17. The van der Waals surface area contributed by atoms with E-state index in [1.54, 1.807) is 11.3 Å². The average molecular weight is 340 g/mol. The molecule has 0 fully saturated rings. The minimum absolute atomic E-state index is 0.351. The van der Waals surface area contributed by atoms with Crippen LogP contribution in [0.5, 0.6) is 5.75 Å². The predicted molar refractivity (Wildman–Crippen MR) is 84.9 cm³/mol. The van der Waals surface area contributed by atoms with Gasteiger partial charge in [-0.1, -0.05) is 19.1 Å². The molecule has 0 radical (unpaired) electrons. The van der Waals surface area contributed by atoms with Crippen molar-refractivity contribution in [3.63, 3.8) is 0 Å². The molecule has 0 saturated carbocycles. The van der Waals surface area contributed by atoms with Crippen molar-refractivity contribution in [1.82, 2.24) is 5.32 Å². The van der Waals surface area contributed by atoms with Crippen LogP contribution in [0.1, 0.15) is 30.3 Å². The Morgan fingerprint density at radius 2 is 2.16 bits per heavy atom. The number of thiophene rings is 1. The molecule has 0 amide bonds. The van der Waals surface area contributed by atoms with E-state index in [1.807, 2.05) is 18.2 Å². The second-order valence-corrected chi connectivity index (χ2v) is 6.89. The zero-order chi connectivity index (χ0) is 13.7. The zero-order valence-corrected chi connectivity index (χ0v) is 13.6. The van der Waals surface area contributed by atoms with Gasteiger partial charge in [-0.25, -0.2) is 0 Å². The van der Waals surface area contributed by atoms with Crippen LogP contribution in [-0.2, 0) is 6.61 Å². The first kappa shape index (κ1) is 14.6. The highest BCUT2D eigenvalue weighted by atomic mass is 79.9. The fraction of sp³-hybridized carbons (Fsp3) is 0.333. The van der Waals surface area contributed by atoms with Crippen LogP contribution in [0.25, 0.3) is 0 Å². The van der Waals surface area contributed by atoms with Crippen molar-refractivity contribution in [3.8, 4) is 5.75 Å². The van der Waals surface area contributed by atoms with Gasteiger partial charge in [-0.3, -0.25) is 0 Å². The van der Waals surface area contributed by atoms with E-state index in [-0.39, 0.29) is 0 Å². The lowest BCUT2D eigenvalue weighted by Crippen LogP contribution is -2.17. The second-order valence-electron chi connectivity index (χ2n) is 4.35. The monoisotopic (exact) mass is 339 g/mol. The molecule has 102 valence electrons. The first-order valence-electron chi connectivity index (χ1n) is 6.39. The van der Waals surface area contributed by atoms with Crippen molar-refractivity contribution < 1.29 is 4.74 Å². The van der Waals surface area contributed by atoms with Crippen LogP contribution in [0, 0.1) is 0 Å². The SMILES string of the molecule is CCNC(C)c1cccc(OCc2ccc(Br)s2)c1. The van der Waals surface area contributed by atoms with E-state index in [0.717, 1.165) is 16.1 Å². The molecule has 1 atom stereocenters. The number of rotatable bonds is 6. The highest BCUT2D eigenvalue weighted by Crippen LogP contribution is 2.24. The first-order valence-corrected chi connectivity index (χ1v) is 8.00. The third kappa shape index (κ3) is 4.34. The van der Waals surface area contributed by atoms with Gasteiger partial charge in [-0.05, 0) is 59.2 Å². The van der Waals surface area contributed by atoms with Gasteiger partial charge in [0.05, 0.1) is 3.79 Å². The van der Waals surface area contributed by atoms with Gasteiger partial charge in [0.25, 0.3) is 0 Å². The molecule has 1 aromatic heterocycles. The largest absolute Gasteiger partial charge is 0.488 e. The predicted octanol–water partition coefficient (Wildman–Crippen LogP) is 4.76. The lowest BCUT2D eigenvalue weighted by molar-refractivity contribution is 0.309. The molecule has 0 bridgehead atoms. The molecule has 4 heteroatoms. The van der Waals surface area contributed by atoms with Crippen molar-refractivity contribution >= 4 is 27.3 Å². The summed E-state index contributed by atoms with van der Waals surface area (Å²) in [6.45, 7) is 5.87. The quantitative estimate of drug-likeness (QED) is 0.819. The minimum Gasteiger partial charge on any atom is -0.488 e. The number of benzene rings is 1. The van der Waals surface area contributed by atoms with Gasteiger partial charge in [-0.15, -0.1) is 11.3 Å². The standard InChI is InChI=1S/C15H18BrNOS/c1-3-17-11(2)12-5-4-6-13(9-12)18-10-14-7-8-15(16)19-14/h4-9,11,17H,3,10H2,1-2H3. The van der Waals surface area contributed by atoms with Crippen molar-refractivity contribution in [1.29, 1.82) is 0 Å². The Bertz CT molecular complexity index is 526. The number of hydrogen-bond acceptors (Lipinski definition) is 3. The van der Waals surface area contributed by atoms with Crippen LogP contribution < -0.4 is 10.1 Å². The summed E-state index contributed by atoms with van der Waals surface area (Å²) in [6.07, 6.45) is 0. The number of hydrogen-bond donors (Lipinski definition) is 1. The third-order valence-electron chi connectivity index (χ3n) is 2.88. The van der Waals surface area contributed by atoms with Gasteiger partial charge in [0.15, 0.2) is 0 Å². The van der Waals surface area contributed by atoms with E-state index in [2.05, 4.69) is 53.3 Å². The maximum Gasteiger partial charge on any atom is 0.122 e. The van der Waals surface area contributed by atoms with Crippen molar-refractivity contribution in [2.24, 2.45) is 0 Å². The van der Waals surface area contributed by atoms with Crippen LogP contribution >= 0.6 is 27.3 Å². The molecule has 0 spiro atoms. The molecular weight excluding hydrogens is 322 g/mol. The van der Waals surface area contributed by atoms with Crippen LogP contribution in [0.4, 0.5) is 0 Å². The molecule has 19 heavy (non-hydrogen) atoms. The Kier molecular flexibility index (Phi) is 5.43. The van der Waals surface area contributed by atoms with Gasteiger partial charge in [-0.2, -0.15) is 0 Å². The smallest absolute Gasteiger partial charge is 0.122 e. The average Bonchev–Trinajstić information content (AvgIpc) is 2.83. The van der Waals surface area contributed by atoms with E-state index in [0.29, 0.717) is 12.6 Å². The molecule has 0 saturated heterocycles. The number of halogens is 1. The fourth-order valence-corrected chi connectivity index (χ4v) is 3.28. The molecule has 2 nitrogen and oxygen atoms in total. The molecule has 1 heterocycles. The Morgan fingerprint density at radius 1 is 1.32 bits per heavy atom. The highest BCUT2D eigenvalue weighted by Gasteiger charge is 2.05. The molecule has 1 aromatic carbocycles. The first-order chi connectivity index (χ1) is 9.19. The minimum atomic E-state index is 0.351. The van der Waals surface area contributed by atoms with E-state index in [9.17, 15) is 0 Å². The third-order valence-corrected chi connectivity index (χ3v) is 4.48. The van der Waals surface area contributed by atoms with Crippen molar-refractivity contribution in [2.75, 3.05) is 6.54 Å². The molecule has 1 unspecified atom stereocenters. The molecule has 2 rings (SSSR count). The van der Waals surface area contributed by atoms with Crippen LogP contribution in [0.15, 0.2) is 40.2 Å². The topological polar surface area (TPSA) is 21.3 Å². The van der Waals surface area contributed by atoms with Gasteiger partial charge in [0.1, 0.15) is 12.4 Å². The summed E-state index contributed by atoms with van der Waals surface area (Å²) in [4.78, 5) is 1.22. The fourth-order valence-electron chi connectivity index (χ4n) is 1.88. The van der Waals surface area contributed by atoms with Crippen LogP contribution in [-0.4, -0.2) is 6.54 Å². The molecule has 1 N–H and O–H groups in total. The Morgan fingerprint density at radius 3 is 2.84 bits per heavy atom. The molecule has 0 aliphatic heterocycles. The van der Waals surface area contributed by atoms with E-state index < -0.39 is 0 Å². The summed E-state index contributed by atoms with van der Waals surface area (Å²) < 4.78 is 6.98. The van der Waals surface area contributed by atoms with Crippen molar-refractivity contribution in [2.45, 2.75) is 26.5 Å². The highest BCUT2D eigenvalue weighted by molar-refractivity contribution is 9.11. The summed E-state index contributed by atoms with van der Waals surface area (Å²) in [6, 6.07) is 12.8. The lowest BCUT2D eigenvalue weighted by atomic mass is 10.1. The maximum absolute atomic E-state index is 5.84. The molecule has 0 aliphatic carbocycles. The molecule has 2 aromatic rings. The van der Waals surface area contributed by atoms with Crippen LogP contribution in [0.2, 0.25) is 0 Å². The summed E-state index contributed by atoms with van der Waals surface area (Å²) in [5.74, 6) is 0.923. The second kappa shape index (κ2) is 7.08. The van der Waals surface area contributed by atoms with Gasteiger partial charge in [0.2, 0.25) is 0 Å². The van der Waals surface area contributed by atoms with Crippen molar-refractivity contribution in [3.05, 3.63) is 50.6 Å².